The Kier molecular flexibility index (Phi) is 8.21. The summed E-state index contributed by atoms with van der Waals surface area (Å²) >= 11 is 0. The van der Waals surface area contributed by atoms with E-state index >= 15 is 0 Å². The number of aromatic nitrogens is 1. The van der Waals surface area contributed by atoms with Crippen molar-refractivity contribution in [2.24, 2.45) is 5.92 Å². The van der Waals surface area contributed by atoms with Crippen LogP contribution in [0.5, 0.6) is 0 Å². The van der Waals surface area contributed by atoms with Gasteiger partial charge in [-0.2, -0.15) is 13.2 Å². The molecule has 0 bridgehead atoms. The van der Waals surface area contributed by atoms with Gasteiger partial charge in [0.2, 0.25) is 0 Å². The molecule has 1 unspecified atom stereocenters. The molecule has 0 radical (unpaired) electrons. The van der Waals surface area contributed by atoms with E-state index < -0.39 is 11.7 Å². The summed E-state index contributed by atoms with van der Waals surface area (Å²) < 4.78 is 44.7. The molecule has 1 aliphatic carbocycles. The maximum atomic E-state index is 13.1. The van der Waals surface area contributed by atoms with E-state index in [2.05, 4.69) is 43.1 Å². The van der Waals surface area contributed by atoms with E-state index in [0.29, 0.717) is 29.3 Å². The number of hydrogen-bond acceptors (Lipinski definition) is 4. The van der Waals surface area contributed by atoms with Crippen LogP contribution < -0.4 is 5.32 Å². The molecule has 1 heterocycles. The molecule has 1 amide bonds. The number of benzene rings is 1. The molecule has 1 N–H and O–H groups in total. The lowest BCUT2D eigenvalue weighted by Crippen LogP contribution is -2.36. The van der Waals surface area contributed by atoms with Crippen LogP contribution in [0, 0.1) is 5.92 Å². The smallest absolute Gasteiger partial charge is 0.355 e. The molecule has 1 aromatic heterocycles. The Hall–Kier alpha value is -2.35. The summed E-state index contributed by atoms with van der Waals surface area (Å²) in [6.07, 6.45) is 0.661. The topological polar surface area (TPSA) is 58.4 Å². The Morgan fingerprint density at radius 2 is 1.82 bits per heavy atom. The van der Waals surface area contributed by atoms with Gasteiger partial charge in [0.05, 0.1) is 5.56 Å². The summed E-state index contributed by atoms with van der Waals surface area (Å²) in [6, 6.07) is 5.14. The molecule has 1 fully saturated rings. The zero-order valence-electron chi connectivity index (χ0n) is 19.8. The van der Waals surface area contributed by atoms with Crippen molar-refractivity contribution in [1.29, 1.82) is 0 Å². The van der Waals surface area contributed by atoms with Crippen LogP contribution in [0.3, 0.4) is 0 Å². The zero-order valence-corrected chi connectivity index (χ0v) is 19.8. The highest BCUT2D eigenvalue weighted by Gasteiger charge is 2.31. The van der Waals surface area contributed by atoms with Gasteiger partial charge in [-0.05, 0) is 44.7 Å². The molecule has 0 saturated heterocycles. The molecular formula is C25H34F3N3O2. The standard InChI is InChI=1S/C25H34F3N3O2/c1-5-17(4)14-31(16(2)3)15-21-22(24(32)29-20-8-6-7-9-20)30-33-23(21)18-10-12-19(13-11-18)25(26,27)28/h10-13,16-17,20H,5-9,14-15H2,1-4H3,(H,29,32). The number of alkyl halides is 3. The second-order valence-electron chi connectivity index (χ2n) is 9.41. The van der Waals surface area contributed by atoms with Gasteiger partial charge in [0.25, 0.3) is 5.91 Å². The van der Waals surface area contributed by atoms with Crippen molar-refractivity contribution < 1.29 is 22.5 Å². The third-order valence-corrected chi connectivity index (χ3v) is 6.50. The molecule has 0 aliphatic heterocycles. The molecule has 8 heteroatoms. The van der Waals surface area contributed by atoms with Gasteiger partial charge in [-0.3, -0.25) is 9.69 Å². The summed E-state index contributed by atoms with van der Waals surface area (Å²) in [5.74, 6) is 0.513. The number of hydrogen-bond donors (Lipinski definition) is 1. The Labute approximate surface area is 193 Å². The molecule has 1 atom stereocenters. The largest absolute Gasteiger partial charge is 0.416 e. The quantitative estimate of drug-likeness (QED) is 0.473. The number of carbonyl (C=O) groups is 1. The average Bonchev–Trinajstić information content (AvgIpc) is 3.42. The summed E-state index contributed by atoms with van der Waals surface area (Å²) in [4.78, 5) is 15.3. The lowest BCUT2D eigenvalue weighted by molar-refractivity contribution is -0.137. The predicted molar refractivity (Wildman–Crippen MR) is 122 cm³/mol. The van der Waals surface area contributed by atoms with E-state index in [1.54, 1.807) is 0 Å². The molecule has 1 aliphatic rings. The predicted octanol–water partition coefficient (Wildman–Crippen LogP) is 6.29. The maximum absolute atomic E-state index is 13.1. The van der Waals surface area contributed by atoms with Crippen LogP contribution in [0.25, 0.3) is 11.3 Å². The zero-order chi connectivity index (χ0) is 24.2. The minimum atomic E-state index is -4.42. The van der Waals surface area contributed by atoms with Gasteiger partial charge >= 0.3 is 6.18 Å². The highest BCUT2D eigenvalue weighted by atomic mass is 19.4. The number of nitrogens with one attached hydrogen (secondary N) is 1. The van der Waals surface area contributed by atoms with Crippen molar-refractivity contribution in [3.63, 3.8) is 0 Å². The van der Waals surface area contributed by atoms with Crippen LogP contribution in [0.1, 0.15) is 81.4 Å². The fourth-order valence-corrected chi connectivity index (χ4v) is 4.19. The number of halogens is 3. The fraction of sp³-hybridized carbons (Fsp3) is 0.600. The molecule has 5 nitrogen and oxygen atoms in total. The lowest BCUT2D eigenvalue weighted by atomic mass is 10.0. The van der Waals surface area contributed by atoms with Crippen LogP contribution in [-0.2, 0) is 12.7 Å². The molecule has 2 aromatic rings. The van der Waals surface area contributed by atoms with Crippen molar-refractivity contribution in [2.45, 2.75) is 84.6 Å². The first-order valence-electron chi connectivity index (χ1n) is 11.8. The first-order valence-corrected chi connectivity index (χ1v) is 11.8. The van der Waals surface area contributed by atoms with Crippen LogP contribution >= 0.6 is 0 Å². The Balaban J connectivity index is 1.96. The van der Waals surface area contributed by atoms with Gasteiger partial charge in [0.1, 0.15) is 0 Å². The van der Waals surface area contributed by atoms with E-state index in [-0.39, 0.29) is 23.7 Å². The lowest BCUT2D eigenvalue weighted by Gasteiger charge is -2.29. The van der Waals surface area contributed by atoms with Gasteiger partial charge in [0, 0.05) is 36.3 Å². The average molecular weight is 466 g/mol. The first-order chi connectivity index (χ1) is 15.6. The molecular weight excluding hydrogens is 431 g/mol. The Morgan fingerprint density at radius 1 is 1.18 bits per heavy atom. The number of amides is 1. The molecule has 182 valence electrons. The molecule has 1 saturated carbocycles. The monoisotopic (exact) mass is 465 g/mol. The first kappa shape index (κ1) is 25.3. The summed E-state index contributed by atoms with van der Waals surface area (Å²) in [5, 5.41) is 7.14. The Morgan fingerprint density at radius 3 is 2.36 bits per heavy atom. The maximum Gasteiger partial charge on any atom is 0.416 e. The third kappa shape index (κ3) is 6.37. The van der Waals surface area contributed by atoms with Crippen LogP contribution in [0.15, 0.2) is 28.8 Å². The number of rotatable bonds is 9. The van der Waals surface area contributed by atoms with Crippen LogP contribution in [0.2, 0.25) is 0 Å². The van der Waals surface area contributed by atoms with Crippen molar-refractivity contribution in [3.05, 3.63) is 41.1 Å². The number of carbonyl (C=O) groups excluding carboxylic acids is 1. The van der Waals surface area contributed by atoms with E-state index in [9.17, 15) is 18.0 Å². The number of nitrogens with zero attached hydrogens (tertiary/aromatic N) is 2. The molecule has 1 aromatic carbocycles. The van der Waals surface area contributed by atoms with E-state index in [0.717, 1.165) is 50.8 Å². The van der Waals surface area contributed by atoms with E-state index in [4.69, 9.17) is 4.52 Å². The normalized spacial score (nSPS) is 16.0. The highest BCUT2D eigenvalue weighted by Crippen LogP contribution is 2.33. The molecule has 0 spiro atoms. The van der Waals surface area contributed by atoms with E-state index in [1.165, 1.54) is 12.1 Å². The van der Waals surface area contributed by atoms with Crippen molar-refractivity contribution in [2.75, 3.05) is 6.54 Å². The van der Waals surface area contributed by atoms with E-state index in [1.807, 2.05) is 0 Å². The van der Waals surface area contributed by atoms with Gasteiger partial charge < -0.3 is 9.84 Å². The van der Waals surface area contributed by atoms with Crippen LogP contribution in [0.4, 0.5) is 13.2 Å². The Bertz CT molecular complexity index is 916. The second kappa shape index (κ2) is 10.7. The van der Waals surface area contributed by atoms with Crippen molar-refractivity contribution in [1.82, 2.24) is 15.4 Å². The van der Waals surface area contributed by atoms with Gasteiger partial charge in [-0.25, -0.2) is 0 Å². The fourth-order valence-electron chi connectivity index (χ4n) is 4.19. The minimum Gasteiger partial charge on any atom is -0.355 e. The highest BCUT2D eigenvalue weighted by molar-refractivity contribution is 5.95. The van der Waals surface area contributed by atoms with Crippen molar-refractivity contribution in [3.8, 4) is 11.3 Å². The SMILES string of the molecule is CCC(C)CN(Cc1c(C(=O)NC2CCCC2)noc1-c1ccc(C(F)(F)F)cc1)C(C)C. The third-order valence-electron chi connectivity index (χ3n) is 6.50. The van der Waals surface area contributed by atoms with Gasteiger partial charge in [-0.1, -0.05) is 50.4 Å². The molecule has 33 heavy (non-hydrogen) atoms. The minimum absolute atomic E-state index is 0.123. The summed E-state index contributed by atoms with van der Waals surface area (Å²) in [5.41, 5.74) is 0.568. The van der Waals surface area contributed by atoms with Crippen LogP contribution in [-0.4, -0.2) is 34.6 Å². The molecule has 3 rings (SSSR count). The van der Waals surface area contributed by atoms with Gasteiger partial charge in [0.15, 0.2) is 11.5 Å². The summed E-state index contributed by atoms with van der Waals surface area (Å²) in [7, 11) is 0. The second-order valence-corrected chi connectivity index (χ2v) is 9.41. The van der Waals surface area contributed by atoms with Crippen molar-refractivity contribution >= 4 is 5.91 Å². The van der Waals surface area contributed by atoms with Gasteiger partial charge in [-0.15, -0.1) is 0 Å². The summed E-state index contributed by atoms with van der Waals surface area (Å²) in [6.45, 7) is 9.74.